The van der Waals surface area contributed by atoms with Gasteiger partial charge in [0.1, 0.15) is 0 Å². The lowest BCUT2D eigenvalue weighted by molar-refractivity contribution is -0.116. The van der Waals surface area contributed by atoms with Gasteiger partial charge in [0.2, 0.25) is 0 Å². The predicted octanol–water partition coefficient (Wildman–Crippen LogP) is 2.74. The first-order valence-corrected chi connectivity index (χ1v) is 7.70. The first kappa shape index (κ1) is 14.3. The zero-order valence-electron chi connectivity index (χ0n) is 12.0. The van der Waals surface area contributed by atoms with Crippen molar-refractivity contribution in [1.29, 1.82) is 0 Å². The highest BCUT2D eigenvalue weighted by atomic mass is 16.6. The van der Waals surface area contributed by atoms with Crippen molar-refractivity contribution in [3.63, 3.8) is 0 Å². The summed E-state index contributed by atoms with van der Waals surface area (Å²) in [5.41, 5.74) is 0.0834. The molecule has 1 unspecified atom stereocenters. The van der Waals surface area contributed by atoms with Gasteiger partial charge in [0.05, 0.1) is 18.3 Å². The molecular formula is C15H29NO2. The van der Waals surface area contributed by atoms with Crippen LogP contribution in [0.4, 0.5) is 0 Å². The summed E-state index contributed by atoms with van der Waals surface area (Å²) in [6.07, 6.45) is 7.64. The molecule has 1 aliphatic carbocycles. The maximum Gasteiger partial charge on any atom is 0.0838 e. The van der Waals surface area contributed by atoms with Crippen molar-refractivity contribution in [3.8, 4) is 0 Å². The molecule has 0 aromatic heterocycles. The largest absolute Gasteiger partial charge is 0.379 e. The molecule has 0 spiro atoms. The van der Waals surface area contributed by atoms with Gasteiger partial charge < -0.3 is 14.8 Å². The normalized spacial score (nSPS) is 37.0. The third-order valence-electron chi connectivity index (χ3n) is 4.36. The Labute approximate surface area is 112 Å². The summed E-state index contributed by atoms with van der Waals surface area (Å²) in [5, 5.41) is 3.57. The van der Waals surface area contributed by atoms with Crippen LogP contribution in [0.15, 0.2) is 0 Å². The number of nitrogens with one attached hydrogen (secondary N) is 1. The van der Waals surface area contributed by atoms with E-state index in [0.29, 0.717) is 6.10 Å². The van der Waals surface area contributed by atoms with Gasteiger partial charge in [0, 0.05) is 13.2 Å². The van der Waals surface area contributed by atoms with Crippen LogP contribution in [-0.2, 0) is 9.47 Å². The predicted molar refractivity (Wildman–Crippen MR) is 73.8 cm³/mol. The summed E-state index contributed by atoms with van der Waals surface area (Å²) < 4.78 is 11.9. The molecule has 3 nitrogen and oxygen atoms in total. The molecule has 0 aromatic rings. The van der Waals surface area contributed by atoms with Crippen molar-refractivity contribution in [2.45, 2.75) is 64.1 Å². The lowest BCUT2D eigenvalue weighted by Crippen LogP contribution is -2.48. The van der Waals surface area contributed by atoms with E-state index in [1.54, 1.807) is 0 Å². The molecule has 0 amide bonds. The monoisotopic (exact) mass is 255 g/mol. The quantitative estimate of drug-likeness (QED) is 0.740. The summed E-state index contributed by atoms with van der Waals surface area (Å²) in [5.74, 6) is 0.868. The van der Waals surface area contributed by atoms with Gasteiger partial charge in [-0.3, -0.25) is 0 Å². The molecule has 3 heteroatoms. The molecule has 2 aliphatic rings. The number of hydrogen-bond donors (Lipinski definition) is 1. The molecule has 1 heterocycles. The van der Waals surface area contributed by atoms with E-state index in [1.807, 2.05) is 0 Å². The topological polar surface area (TPSA) is 30.5 Å². The second-order valence-electron chi connectivity index (χ2n) is 6.15. The third kappa shape index (κ3) is 3.94. The van der Waals surface area contributed by atoms with Crippen molar-refractivity contribution in [1.82, 2.24) is 5.32 Å². The summed E-state index contributed by atoms with van der Waals surface area (Å²) in [6.45, 7) is 8.37. The molecule has 1 N–H and O–H groups in total. The molecule has 0 aromatic carbocycles. The maximum atomic E-state index is 6.45. The fourth-order valence-corrected chi connectivity index (χ4v) is 3.08. The van der Waals surface area contributed by atoms with Crippen LogP contribution in [0.2, 0.25) is 0 Å². The lowest BCUT2D eigenvalue weighted by Gasteiger charge is -2.41. The van der Waals surface area contributed by atoms with Crippen molar-refractivity contribution in [2.75, 3.05) is 26.3 Å². The molecular weight excluding hydrogens is 226 g/mol. The molecule has 106 valence electrons. The van der Waals surface area contributed by atoms with Gasteiger partial charge >= 0.3 is 0 Å². The molecule has 2 fully saturated rings. The Bertz CT molecular complexity index is 231. The smallest absolute Gasteiger partial charge is 0.0838 e. The van der Waals surface area contributed by atoms with Crippen molar-refractivity contribution in [2.24, 2.45) is 5.92 Å². The summed E-state index contributed by atoms with van der Waals surface area (Å²) in [6, 6.07) is 0. The lowest BCUT2D eigenvalue weighted by atomic mass is 9.79. The van der Waals surface area contributed by atoms with E-state index < -0.39 is 0 Å². The van der Waals surface area contributed by atoms with Crippen LogP contribution in [0, 0.1) is 5.92 Å². The molecule has 1 aliphatic heterocycles. The molecule has 0 bridgehead atoms. The highest BCUT2D eigenvalue weighted by Gasteiger charge is 2.37. The molecule has 18 heavy (non-hydrogen) atoms. The van der Waals surface area contributed by atoms with Crippen LogP contribution >= 0.6 is 0 Å². The van der Waals surface area contributed by atoms with Crippen LogP contribution in [0.1, 0.15) is 52.4 Å². The first-order chi connectivity index (χ1) is 8.74. The van der Waals surface area contributed by atoms with Gasteiger partial charge in [-0.25, -0.2) is 0 Å². The molecule has 1 saturated carbocycles. The minimum absolute atomic E-state index is 0.0834. The Morgan fingerprint density at radius 2 is 2.06 bits per heavy atom. The Hall–Kier alpha value is -0.120. The summed E-state index contributed by atoms with van der Waals surface area (Å²) >= 11 is 0. The second-order valence-corrected chi connectivity index (χ2v) is 6.15. The highest BCUT2D eigenvalue weighted by molar-refractivity contribution is 4.90. The standard InChI is InChI=1S/C15H29NO2/c1-3-9-16-12-15(7-4-13(2)5-8-15)18-14-6-10-17-11-14/h13-14,16H,3-12H2,1-2H3. The van der Waals surface area contributed by atoms with Crippen LogP contribution in [0.5, 0.6) is 0 Å². The van der Waals surface area contributed by atoms with Gasteiger partial charge in [-0.15, -0.1) is 0 Å². The Morgan fingerprint density at radius 1 is 1.28 bits per heavy atom. The Kier molecular flexibility index (Phi) is 5.46. The third-order valence-corrected chi connectivity index (χ3v) is 4.36. The van der Waals surface area contributed by atoms with E-state index in [2.05, 4.69) is 19.2 Å². The first-order valence-electron chi connectivity index (χ1n) is 7.70. The summed E-state index contributed by atoms with van der Waals surface area (Å²) in [7, 11) is 0. The number of ether oxygens (including phenoxy) is 2. The van der Waals surface area contributed by atoms with Crippen molar-refractivity contribution in [3.05, 3.63) is 0 Å². The zero-order valence-corrected chi connectivity index (χ0v) is 12.0. The minimum atomic E-state index is 0.0834. The Morgan fingerprint density at radius 3 is 2.67 bits per heavy atom. The average Bonchev–Trinajstić information content (AvgIpc) is 2.86. The van der Waals surface area contributed by atoms with Crippen molar-refractivity contribution >= 4 is 0 Å². The van der Waals surface area contributed by atoms with Crippen LogP contribution in [0.25, 0.3) is 0 Å². The second kappa shape index (κ2) is 6.88. The van der Waals surface area contributed by atoms with Gasteiger partial charge in [-0.1, -0.05) is 13.8 Å². The van der Waals surface area contributed by atoms with E-state index in [-0.39, 0.29) is 5.60 Å². The zero-order chi connectivity index (χ0) is 12.8. The maximum absolute atomic E-state index is 6.45. The van der Waals surface area contributed by atoms with E-state index in [0.717, 1.165) is 38.6 Å². The van der Waals surface area contributed by atoms with Gasteiger partial charge in [0.25, 0.3) is 0 Å². The van der Waals surface area contributed by atoms with E-state index >= 15 is 0 Å². The molecule has 2 rings (SSSR count). The molecule has 1 saturated heterocycles. The van der Waals surface area contributed by atoms with Gasteiger partial charge in [0.15, 0.2) is 0 Å². The number of rotatable bonds is 6. The van der Waals surface area contributed by atoms with Crippen LogP contribution < -0.4 is 5.32 Å². The fraction of sp³-hybridized carbons (Fsp3) is 1.00. The Balaban J connectivity index is 1.88. The van der Waals surface area contributed by atoms with E-state index in [9.17, 15) is 0 Å². The number of hydrogen-bond acceptors (Lipinski definition) is 3. The van der Waals surface area contributed by atoms with Crippen molar-refractivity contribution < 1.29 is 9.47 Å². The summed E-state index contributed by atoms with van der Waals surface area (Å²) in [4.78, 5) is 0. The van der Waals surface area contributed by atoms with Crippen LogP contribution in [0.3, 0.4) is 0 Å². The van der Waals surface area contributed by atoms with E-state index in [1.165, 1.54) is 32.1 Å². The van der Waals surface area contributed by atoms with Gasteiger partial charge in [-0.05, 0) is 51.0 Å². The highest BCUT2D eigenvalue weighted by Crippen LogP contribution is 2.36. The van der Waals surface area contributed by atoms with E-state index in [4.69, 9.17) is 9.47 Å². The minimum Gasteiger partial charge on any atom is -0.379 e. The van der Waals surface area contributed by atoms with Gasteiger partial charge in [-0.2, -0.15) is 0 Å². The average molecular weight is 255 g/mol. The molecule has 0 radical (unpaired) electrons. The van der Waals surface area contributed by atoms with Crippen LogP contribution in [-0.4, -0.2) is 38.0 Å². The molecule has 1 atom stereocenters. The fourth-order valence-electron chi connectivity index (χ4n) is 3.08. The SMILES string of the molecule is CCCNCC1(OC2CCOC2)CCC(C)CC1.